The van der Waals surface area contributed by atoms with E-state index in [2.05, 4.69) is 20.2 Å². The minimum Gasteiger partial charge on any atom is -0.391 e. The number of halogens is 3. The van der Waals surface area contributed by atoms with Gasteiger partial charge in [0.25, 0.3) is 0 Å². The molecule has 37 heavy (non-hydrogen) atoms. The Morgan fingerprint density at radius 3 is 2.49 bits per heavy atom. The lowest BCUT2D eigenvalue weighted by atomic mass is 9.75. The molecule has 1 aliphatic heterocycles. The van der Waals surface area contributed by atoms with Crippen molar-refractivity contribution >= 4 is 11.4 Å². The highest BCUT2D eigenvalue weighted by molar-refractivity contribution is 5.69. The summed E-state index contributed by atoms with van der Waals surface area (Å²) in [4.78, 5) is 10.5. The van der Waals surface area contributed by atoms with Crippen LogP contribution in [-0.2, 0) is 12.1 Å². The van der Waals surface area contributed by atoms with Crippen molar-refractivity contribution in [1.82, 2.24) is 9.97 Å². The van der Waals surface area contributed by atoms with E-state index >= 15 is 0 Å². The van der Waals surface area contributed by atoms with Crippen molar-refractivity contribution < 1.29 is 23.4 Å². The highest BCUT2D eigenvalue weighted by Crippen LogP contribution is 2.42. The molecule has 1 aromatic carbocycles. The van der Waals surface area contributed by atoms with Gasteiger partial charge in [-0.3, -0.25) is 4.98 Å². The molecule has 2 fully saturated rings. The molecule has 3 aromatic rings. The smallest absolute Gasteiger partial charge is 0.149 e. The van der Waals surface area contributed by atoms with Crippen LogP contribution in [0.25, 0.3) is 11.3 Å². The second-order valence-corrected chi connectivity index (χ2v) is 10.1. The van der Waals surface area contributed by atoms with Crippen LogP contribution in [0.5, 0.6) is 0 Å². The molecule has 3 atom stereocenters. The van der Waals surface area contributed by atoms with Crippen LogP contribution < -0.4 is 16.0 Å². The largest absolute Gasteiger partial charge is 0.391 e. The minimum absolute atomic E-state index is 0.0210. The van der Waals surface area contributed by atoms with Gasteiger partial charge < -0.3 is 26.2 Å². The van der Waals surface area contributed by atoms with E-state index in [0.717, 1.165) is 30.3 Å². The van der Waals surface area contributed by atoms with Crippen molar-refractivity contribution in [3.63, 3.8) is 0 Å². The molecule has 0 bridgehead atoms. The fourth-order valence-electron chi connectivity index (χ4n) is 5.12. The number of nitrogens with zero attached hydrogens (tertiary/aromatic N) is 3. The molecule has 1 saturated heterocycles. The molecule has 2 aromatic heterocycles. The zero-order valence-corrected chi connectivity index (χ0v) is 20.5. The topological polar surface area (TPSA) is 108 Å². The summed E-state index contributed by atoms with van der Waals surface area (Å²) in [6.45, 7) is 3.15. The van der Waals surface area contributed by atoms with E-state index in [4.69, 9.17) is 5.73 Å². The standard InChI is InChI=1S/C27H30F3N5O2/c1-15-13-35(14-21(31)26(15)36)23-5-8-32-12-22(23)33-11-17-3-4-18(28)25(34-17)24-19(29)9-16(10-20(24)30)27(37)6-2-7-27/h3-5,8-10,12,15,21,26,33,36-37H,2,6-7,11,13-14,31H2,1H3. The van der Waals surface area contributed by atoms with Gasteiger partial charge in [0.1, 0.15) is 23.1 Å². The summed E-state index contributed by atoms with van der Waals surface area (Å²) in [6, 6.07) is 6.14. The molecule has 1 saturated carbocycles. The van der Waals surface area contributed by atoms with E-state index in [-0.39, 0.29) is 18.0 Å². The number of aromatic nitrogens is 2. The number of pyridine rings is 2. The second kappa shape index (κ2) is 9.92. The first-order valence-corrected chi connectivity index (χ1v) is 12.4. The van der Waals surface area contributed by atoms with Crippen molar-refractivity contribution in [2.75, 3.05) is 23.3 Å². The maximum Gasteiger partial charge on any atom is 0.149 e. The quantitative estimate of drug-likeness (QED) is 0.398. The first-order valence-electron chi connectivity index (χ1n) is 12.4. The molecule has 196 valence electrons. The van der Waals surface area contributed by atoms with E-state index in [1.807, 2.05) is 13.0 Å². The highest BCUT2D eigenvalue weighted by Gasteiger charge is 2.37. The van der Waals surface area contributed by atoms with Gasteiger partial charge >= 0.3 is 0 Å². The predicted molar refractivity (Wildman–Crippen MR) is 134 cm³/mol. The molecule has 0 spiro atoms. The van der Waals surface area contributed by atoms with E-state index in [1.165, 1.54) is 6.07 Å². The maximum atomic E-state index is 15.0. The van der Waals surface area contributed by atoms with Gasteiger partial charge in [-0.25, -0.2) is 18.2 Å². The Morgan fingerprint density at radius 2 is 1.84 bits per heavy atom. The Morgan fingerprint density at radius 1 is 1.11 bits per heavy atom. The van der Waals surface area contributed by atoms with E-state index in [9.17, 15) is 23.4 Å². The van der Waals surface area contributed by atoms with Gasteiger partial charge in [-0.05, 0) is 55.2 Å². The zero-order valence-electron chi connectivity index (χ0n) is 20.5. The fourth-order valence-corrected chi connectivity index (χ4v) is 5.12. The number of nitrogens with one attached hydrogen (secondary N) is 1. The van der Waals surface area contributed by atoms with Crippen LogP contribution >= 0.6 is 0 Å². The number of hydrogen-bond donors (Lipinski definition) is 4. The number of hydrogen-bond acceptors (Lipinski definition) is 7. The number of anilines is 2. The molecular formula is C27H30F3N5O2. The van der Waals surface area contributed by atoms with Crippen LogP contribution in [0.3, 0.4) is 0 Å². The van der Waals surface area contributed by atoms with Gasteiger partial charge in [0.2, 0.25) is 0 Å². The van der Waals surface area contributed by atoms with Crippen LogP contribution in [-0.4, -0.2) is 45.4 Å². The lowest BCUT2D eigenvalue weighted by Crippen LogP contribution is -2.55. The Bertz CT molecular complexity index is 1270. The number of aliphatic hydroxyl groups is 2. The van der Waals surface area contributed by atoms with Crippen molar-refractivity contribution in [1.29, 1.82) is 0 Å². The van der Waals surface area contributed by atoms with Crippen molar-refractivity contribution in [2.45, 2.75) is 50.5 Å². The molecule has 7 nitrogen and oxygen atoms in total. The molecule has 10 heteroatoms. The summed E-state index contributed by atoms with van der Waals surface area (Å²) in [5, 5.41) is 23.9. The highest BCUT2D eigenvalue weighted by atomic mass is 19.1. The van der Waals surface area contributed by atoms with Gasteiger partial charge in [-0.15, -0.1) is 0 Å². The molecule has 0 amide bonds. The monoisotopic (exact) mass is 513 g/mol. The number of rotatable bonds is 6. The van der Waals surface area contributed by atoms with Crippen LogP contribution in [0.4, 0.5) is 24.5 Å². The molecule has 3 unspecified atom stereocenters. The number of nitrogens with two attached hydrogens (primary N) is 1. The molecule has 0 radical (unpaired) electrons. The first-order chi connectivity index (χ1) is 17.7. The Hall–Kier alpha value is -3.21. The average Bonchev–Trinajstić information content (AvgIpc) is 2.85. The number of piperidine rings is 1. The van der Waals surface area contributed by atoms with Crippen molar-refractivity contribution in [2.24, 2.45) is 11.7 Å². The van der Waals surface area contributed by atoms with E-state index in [0.29, 0.717) is 37.3 Å². The molecule has 2 aliphatic rings. The lowest BCUT2D eigenvalue weighted by molar-refractivity contribution is -0.0392. The Balaban J connectivity index is 1.38. The average molecular weight is 514 g/mol. The molecule has 5 N–H and O–H groups in total. The van der Waals surface area contributed by atoms with Crippen molar-refractivity contribution in [3.8, 4) is 11.3 Å². The molecule has 3 heterocycles. The fraction of sp³-hybridized carbons (Fsp3) is 0.407. The van der Waals surface area contributed by atoms with E-state index in [1.54, 1.807) is 12.4 Å². The minimum atomic E-state index is -1.24. The summed E-state index contributed by atoms with van der Waals surface area (Å²) >= 11 is 0. The zero-order chi connectivity index (χ0) is 26.3. The lowest BCUT2D eigenvalue weighted by Gasteiger charge is -2.40. The molecule has 1 aliphatic carbocycles. The van der Waals surface area contributed by atoms with Crippen molar-refractivity contribution in [3.05, 3.63) is 71.4 Å². The van der Waals surface area contributed by atoms with Crippen LogP contribution in [0.15, 0.2) is 42.7 Å². The summed E-state index contributed by atoms with van der Waals surface area (Å²) < 4.78 is 44.7. The summed E-state index contributed by atoms with van der Waals surface area (Å²) in [5.74, 6) is -2.82. The normalized spacial score (nSPS) is 23.0. The summed E-state index contributed by atoms with van der Waals surface area (Å²) in [6.07, 6.45) is 4.35. The number of aliphatic hydroxyl groups excluding tert-OH is 1. The van der Waals surface area contributed by atoms with Gasteiger partial charge in [-0.2, -0.15) is 0 Å². The van der Waals surface area contributed by atoms with Crippen LogP contribution in [0.1, 0.15) is 37.4 Å². The van der Waals surface area contributed by atoms with Crippen LogP contribution in [0, 0.1) is 23.4 Å². The third-order valence-corrected chi connectivity index (χ3v) is 7.46. The van der Waals surface area contributed by atoms with Gasteiger partial charge in [0.15, 0.2) is 0 Å². The first kappa shape index (κ1) is 25.4. The second-order valence-electron chi connectivity index (χ2n) is 10.1. The third kappa shape index (κ3) is 4.88. The van der Waals surface area contributed by atoms with Crippen LogP contribution in [0.2, 0.25) is 0 Å². The van der Waals surface area contributed by atoms with E-state index < -0.39 is 46.5 Å². The molecular weight excluding hydrogens is 483 g/mol. The predicted octanol–water partition coefficient (Wildman–Crippen LogP) is 3.69. The number of benzene rings is 1. The van der Waals surface area contributed by atoms with Gasteiger partial charge in [-0.1, -0.05) is 6.92 Å². The van der Waals surface area contributed by atoms with Gasteiger partial charge in [0, 0.05) is 31.2 Å². The van der Waals surface area contributed by atoms with Gasteiger partial charge in [0.05, 0.1) is 47.1 Å². The summed E-state index contributed by atoms with van der Waals surface area (Å²) in [7, 11) is 0. The third-order valence-electron chi connectivity index (χ3n) is 7.46. The summed E-state index contributed by atoms with van der Waals surface area (Å²) in [5.41, 5.74) is 5.92. The Labute approximate surface area is 213 Å². The molecule has 5 rings (SSSR count). The Kier molecular flexibility index (Phi) is 6.82. The maximum absolute atomic E-state index is 15.0. The SMILES string of the molecule is CC1CN(c2ccncc2NCc2ccc(F)c(-c3c(F)cc(C4(O)CCC4)cc3F)n2)CC(N)C1O.